The molecule has 0 spiro atoms. The molecule has 1 heterocycles. The Labute approximate surface area is 131 Å². The van der Waals surface area contributed by atoms with E-state index in [4.69, 9.17) is 0 Å². The molecule has 18 heavy (non-hydrogen) atoms. The van der Waals surface area contributed by atoms with Crippen LogP contribution in [0.4, 0.5) is 0 Å². The second-order valence-corrected chi connectivity index (χ2v) is 6.56. The number of aryl methyl sites for hydroxylation is 1. The molecule has 92 valence electrons. The SMILES string of the molecule is BrCCn1c2ccccc2c2ccc(Br)c(Br)c21. The van der Waals surface area contributed by atoms with Crippen molar-refractivity contribution in [3.8, 4) is 0 Å². The summed E-state index contributed by atoms with van der Waals surface area (Å²) < 4.78 is 4.57. The lowest BCUT2D eigenvalue weighted by Crippen LogP contribution is -1.98. The molecule has 0 fully saturated rings. The number of fused-ring (bicyclic) bond motifs is 3. The van der Waals surface area contributed by atoms with E-state index in [9.17, 15) is 0 Å². The maximum absolute atomic E-state index is 3.70. The van der Waals surface area contributed by atoms with Crippen LogP contribution in [0.15, 0.2) is 45.3 Å². The molecule has 3 rings (SSSR count). The topological polar surface area (TPSA) is 4.93 Å². The zero-order chi connectivity index (χ0) is 12.7. The molecule has 3 aromatic rings. The van der Waals surface area contributed by atoms with Crippen molar-refractivity contribution in [2.75, 3.05) is 5.33 Å². The second-order valence-electron chi connectivity index (χ2n) is 4.12. The fourth-order valence-electron chi connectivity index (χ4n) is 2.40. The third kappa shape index (κ3) is 1.86. The molecule has 0 radical (unpaired) electrons. The van der Waals surface area contributed by atoms with Crippen molar-refractivity contribution in [1.29, 1.82) is 0 Å². The fraction of sp³-hybridized carbons (Fsp3) is 0.143. The first-order chi connectivity index (χ1) is 8.74. The van der Waals surface area contributed by atoms with E-state index in [1.165, 1.54) is 21.8 Å². The number of para-hydroxylation sites is 1. The van der Waals surface area contributed by atoms with Crippen LogP contribution in [0.25, 0.3) is 21.8 Å². The molecule has 2 aromatic carbocycles. The quantitative estimate of drug-likeness (QED) is 0.458. The van der Waals surface area contributed by atoms with Gasteiger partial charge in [-0.1, -0.05) is 40.2 Å². The van der Waals surface area contributed by atoms with Crippen LogP contribution in [0.5, 0.6) is 0 Å². The van der Waals surface area contributed by atoms with Crippen molar-refractivity contribution in [1.82, 2.24) is 4.57 Å². The molecule has 0 saturated heterocycles. The molecular weight excluding hydrogens is 422 g/mol. The number of halogens is 3. The Morgan fingerprint density at radius 1 is 0.944 bits per heavy atom. The highest BCUT2D eigenvalue weighted by atomic mass is 79.9. The first-order valence-electron chi connectivity index (χ1n) is 5.65. The first-order valence-corrected chi connectivity index (χ1v) is 8.35. The maximum atomic E-state index is 3.70. The Morgan fingerprint density at radius 2 is 1.72 bits per heavy atom. The molecular formula is C14H10Br3N. The first kappa shape index (κ1) is 12.7. The van der Waals surface area contributed by atoms with E-state index in [1.807, 2.05) is 0 Å². The van der Waals surface area contributed by atoms with E-state index >= 15 is 0 Å². The number of benzene rings is 2. The Morgan fingerprint density at radius 3 is 2.50 bits per heavy atom. The van der Waals surface area contributed by atoms with Gasteiger partial charge in [0.2, 0.25) is 0 Å². The van der Waals surface area contributed by atoms with Gasteiger partial charge < -0.3 is 4.57 Å². The number of nitrogens with zero attached hydrogens (tertiary/aromatic N) is 1. The van der Waals surface area contributed by atoms with Crippen LogP contribution < -0.4 is 0 Å². The summed E-state index contributed by atoms with van der Waals surface area (Å²) in [5.41, 5.74) is 2.54. The number of alkyl halides is 1. The molecule has 0 saturated carbocycles. The molecule has 0 N–H and O–H groups in total. The number of aromatic nitrogens is 1. The van der Waals surface area contributed by atoms with Crippen LogP contribution in [0.2, 0.25) is 0 Å². The highest BCUT2D eigenvalue weighted by Gasteiger charge is 2.13. The van der Waals surface area contributed by atoms with Gasteiger partial charge in [-0.25, -0.2) is 0 Å². The smallest absolute Gasteiger partial charge is 0.0647 e. The van der Waals surface area contributed by atoms with Gasteiger partial charge in [-0.15, -0.1) is 0 Å². The highest BCUT2D eigenvalue weighted by Crippen LogP contribution is 2.37. The summed E-state index contributed by atoms with van der Waals surface area (Å²) in [5.74, 6) is 0. The molecule has 0 atom stereocenters. The molecule has 0 aliphatic heterocycles. The van der Waals surface area contributed by atoms with E-state index in [0.29, 0.717) is 0 Å². The van der Waals surface area contributed by atoms with Crippen molar-refractivity contribution < 1.29 is 0 Å². The molecule has 4 heteroatoms. The van der Waals surface area contributed by atoms with Gasteiger partial charge in [-0.3, -0.25) is 0 Å². The third-order valence-corrected chi connectivity index (χ3v) is 5.48. The van der Waals surface area contributed by atoms with Crippen molar-refractivity contribution >= 4 is 69.6 Å². The normalized spacial score (nSPS) is 11.5. The van der Waals surface area contributed by atoms with Crippen LogP contribution in [-0.4, -0.2) is 9.90 Å². The fourth-order valence-corrected chi connectivity index (χ4v) is 3.63. The highest BCUT2D eigenvalue weighted by molar-refractivity contribution is 9.13. The Hall–Kier alpha value is -0.320. The van der Waals surface area contributed by atoms with Gasteiger partial charge in [0, 0.05) is 32.6 Å². The monoisotopic (exact) mass is 429 g/mol. The number of hydrogen-bond donors (Lipinski definition) is 0. The van der Waals surface area contributed by atoms with E-state index in [2.05, 4.69) is 88.8 Å². The zero-order valence-electron chi connectivity index (χ0n) is 9.46. The van der Waals surface area contributed by atoms with Crippen LogP contribution >= 0.6 is 47.8 Å². The molecule has 1 aromatic heterocycles. The van der Waals surface area contributed by atoms with Gasteiger partial charge in [0.05, 0.1) is 9.99 Å². The summed E-state index contributed by atoms with van der Waals surface area (Å²) in [6.45, 7) is 0.957. The average Bonchev–Trinajstić information content (AvgIpc) is 2.70. The van der Waals surface area contributed by atoms with Crippen molar-refractivity contribution in [3.05, 3.63) is 45.3 Å². The average molecular weight is 432 g/mol. The molecule has 0 aliphatic rings. The van der Waals surface area contributed by atoms with E-state index in [-0.39, 0.29) is 0 Å². The van der Waals surface area contributed by atoms with E-state index in [1.54, 1.807) is 0 Å². The maximum Gasteiger partial charge on any atom is 0.0647 e. The van der Waals surface area contributed by atoms with Gasteiger partial charge in [0.15, 0.2) is 0 Å². The van der Waals surface area contributed by atoms with Crippen LogP contribution in [0, 0.1) is 0 Å². The predicted octanol–water partition coefficient (Wildman–Crippen LogP) is 5.71. The Bertz CT molecular complexity index is 731. The molecule has 0 bridgehead atoms. The van der Waals surface area contributed by atoms with Crippen molar-refractivity contribution in [2.45, 2.75) is 6.54 Å². The summed E-state index contributed by atoms with van der Waals surface area (Å²) in [6.07, 6.45) is 0. The van der Waals surface area contributed by atoms with Crippen LogP contribution in [0.1, 0.15) is 0 Å². The van der Waals surface area contributed by atoms with Gasteiger partial charge in [0.25, 0.3) is 0 Å². The van der Waals surface area contributed by atoms with Gasteiger partial charge >= 0.3 is 0 Å². The van der Waals surface area contributed by atoms with Gasteiger partial charge in [-0.05, 0) is 44.0 Å². The number of hydrogen-bond acceptors (Lipinski definition) is 0. The van der Waals surface area contributed by atoms with E-state index in [0.717, 1.165) is 20.8 Å². The van der Waals surface area contributed by atoms with Gasteiger partial charge in [-0.2, -0.15) is 0 Å². The molecule has 1 nitrogen and oxygen atoms in total. The summed E-state index contributed by atoms with van der Waals surface area (Å²) in [7, 11) is 0. The van der Waals surface area contributed by atoms with Crippen LogP contribution in [0.3, 0.4) is 0 Å². The molecule has 0 unspecified atom stereocenters. The largest absolute Gasteiger partial charge is 0.339 e. The lowest BCUT2D eigenvalue weighted by Gasteiger charge is -2.07. The lowest BCUT2D eigenvalue weighted by atomic mass is 10.2. The minimum absolute atomic E-state index is 0.944. The number of rotatable bonds is 2. The van der Waals surface area contributed by atoms with Crippen molar-refractivity contribution in [2.24, 2.45) is 0 Å². The van der Waals surface area contributed by atoms with Crippen LogP contribution in [-0.2, 0) is 6.54 Å². The predicted molar refractivity (Wildman–Crippen MR) is 88.6 cm³/mol. The molecule has 0 aliphatic carbocycles. The summed E-state index contributed by atoms with van der Waals surface area (Å²) in [6, 6.07) is 12.8. The minimum Gasteiger partial charge on any atom is -0.339 e. The minimum atomic E-state index is 0.944. The zero-order valence-corrected chi connectivity index (χ0v) is 14.2. The Balaban J connectivity index is 2.54. The summed E-state index contributed by atoms with van der Waals surface area (Å²) >= 11 is 10.8. The van der Waals surface area contributed by atoms with Gasteiger partial charge in [0.1, 0.15) is 0 Å². The second kappa shape index (κ2) is 4.99. The summed E-state index contributed by atoms with van der Waals surface area (Å²) in [4.78, 5) is 0. The lowest BCUT2D eigenvalue weighted by molar-refractivity contribution is 0.841. The van der Waals surface area contributed by atoms with Crippen molar-refractivity contribution in [3.63, 3.8) is 0 Å². The molecule has 0 amide bonds. The Kier molecular flexibility index (Phi) is 3.52. The summed E-state index contributed by atoms with van der Waals surface area (Å²) in [5, 5.41) is 3.54. The van der Waals surface area contributed by atoms with E-state index < -0.39 is 0 Å². The third-order valence-electron chi connectivity index (χ3n) is 3.13. The standard InChI is InChI=1S/C14H10Br3N/c15-7-8-18-12-4-2-1-3-9(12)10-5-6-11(16)13(17)14(10)18/h1-6H,7-8H2.